The van der Waals surface area contributed by atoms with E-state index in [4.69, 9.17) is 14.4 Å². The van der Waals surface area contributed by atoms with Crippen molar-refractivity contribution in [2.75, 3.05) is 13.2 Å². The molecular formula is C51H42N4O7S. The number of aryl methyl sites for hydroxylation is 1. The number of hydrogen-bond donors (Lipinski definition) is 0. The molecule has 0 unspecified atom stereocenters. The zero-order valence-electron chi connectivity index (χ0n) is 35.4. The SMILES string of the molecule is CC(=O)O/N=C(/C)c1ccc2c(c1)c1c3sc4ccccc4c(=O)c3ccc1n2CCOCCn1c2ccc(C(=O)c3ccccc3C)cc2c2cc(/C(C)=N/OC(C)=O)ccc21. The van der Waals surface area contributed by atoms with Crippen molar-refractivity contribution in [3.8, 4) is 0 Å². The Morgan fingerprint density at radius 3 is 1.73 bits per heavy atom. The zero-order valence-corrected chi connectivity index (χ0v) is 36.2. The smallest absolute Gasteiger partial charge is 0.331 e. The first kappa shape index (κ1) is 41.1. The van der Waals surface area contributed by atoms with Crippen molar-refractivity contribution >= 4 is 104 Å². The zero-order chi connectivity index (χ0) is 43.9. The van der Waals surface area contributed by atoms with Gasteiger partial charge in [0.1, 0.15) is 0 Å². The highest BCUT2D eigenvalue weighted by atomic mass is 32.1. The lowest BCUT2D eigenvalue weighted by molar-refractivity contribution is -0.141. The minimum atomic E-state index is -0.502. The second kappa shape index (κ2) is 16.9. The first-order valence-electron chi connectivity index (χ1n) is 20.6. The number of ether oxygens (including phenoxy) is 1. The van der Waals surface area contributed by atoms with Gasteiger partial charge in [0.05, 0.1) is 30.2 Å². The lowest BCUT2D eigenvalue weighted by atomic mass is 9.97. The van der Waals surface area contributed by atoms with E-state index in [1.165, 1.54) is 13.8 Å². The van der Waals surface area contributed by atoms with E-state index >= 15 is 0 Å². The number of oxime groups is 2. The van der Waals surface area contributed by atoms with Crippen molar-refractivity contribution in [1.29, 1.82) is 0 Å². The molecule has 0 aliphatic carbocycles. The molecule has 3 aromatic heterocycles. The molecule has 9 rings (SSSR count). The molecule has 9 aromatic rings. The van der Waals surface area contributed by atoms with Gasteiger partial charge in [0.2, 0.25) is 0 Å². The Hall–Kier alpha value is -7.28. The second-order valence-electron chi connectivity index (χ2n) is 15.5. The van der Waals surface area contributed by atoms with E-state index in [-0.39, 0.29) is 11.2 Å². The lowest BCUT2D eigenvalue weighted by Gasteiger charge is -2.11. The van der Waals surface area contributed by atoms with Crippen LogP contribution in [0, 0.1) is 6.92 Å². The molecule has 0 amide bonds. The van der Waals surface area contributed by atoms with Crippen LogP contribution in [-0.4, -0.2) is 51.5 Å². The molecule has 314 valence electrons. The Bertz CT molecular complexity index is 3480. The van der Waals surface area contributed by atoms with Gasteiger partial charge in [-0.15, -0.1) is 11.3 Å². The Morgan fingerprint density at radius 1 is 0.571 bits per heavy atom. The number of ketones is 1. The Morgan fingerprint density at radius 2 is 1.10 bits per heavy atom. The molecule has 0 atom stereocenters. The van der Waals surface area contributed by atoms with Crippen LogP contribution in [0.2, 0.25) is 0 Å². The molecule has 11 nitrogen and oxygen atoms in total. The number of nitrogens with zero attached hydrogens (tertiary/aromatic N) is 4. The maximum absolute atomic E-state index is 13.8. The molecule has 63 heavy (non-hydrogen) atoms. The number of aromatic nitrogens is 2. The third-order valence-corrected chi connectivity index (χ3v) is 12.7. The fourth-order valence-electron chi connectivity index (χ4n) is 8.39. The fraction of sp³-hybridized carbons (Fsp3) is 0.176. The van der Waals surface area contributed by atoms with Gasteiger partial charge in [-0.05, 0) is 104 Å². The first-order valence-corrected chi connectivity index (χ1v) is 21.4. The van der Waals surface area contributed by atoms with Gasteiger partial charge in [-0.3, -0.25) is 9.59 Å². The number of fused-ring (bicyclic) bond motifs is 9. The highest BCUT2D eigenvalue weighted by molar-refractivity contribution is 7.25. The average Bonchev–Trinajstić information content (AvgIpc) is 3.78. The quantitative estimate of drug-likeness (QED) is 0.0299. The molecule has 0 aliphatic heterocycles. The molecule has 6 aromatic carbocycles. The molecule has 0 spiro atoms. The Labute approximate surface area is 365 Å². The maximum Gasteiger partial charge on any atom is 0.331 e. The number of hydrogen-bond acceptors (Lipinski definition) is 10. The van der Waals surface area contributed by atoms with Gasteiger partial charge < -0.3 is 23.5 Å². The molecule has 0 saturated heterocycles. The highest BCUT2D eigenvalue weighted by Gasteiger charge is 2.20. The molecule has 0 saturated carbocycles. The van der Waals surface area contributed by atoms with Crippen LogP contribution in [0.1, 0.15) is 60.3 Å². The minimum absolute atomic E-state index is 0.00472. The number of rotatable bonds is 12. The predicted molar refractivity (Wildman–Crippen MR) is 251 cm³/mol. The second-order valence-corrected chi connectivity index (χ2v) is 16.6. The van der Waals surface area contributed by atoms with Crippen LogP contribution in [0.4, 0.5) is 0 Å². The molecule has 0 radical (unpaired) electrons. The van der Waals surface area contributed by atoms with Gasteiger partial charge in [-0.1, -0.05) is 58.8 Å². The molecular weight excluding hydrogens is 813 g/mol. The topological polar surface area (TPSA) is 131 Å². The van der Waals surface area contributed by atoms with Crippen molar-refractivity contribution in [2.24, 2.45) is 10.3 Å². The number of benzene rings is 6. The summed E-state index contributed by atoms with van der Waals surface area (Å²) in [6, 6.07) is 37.0. The highest BCUT2D eigenvalue weighted by Crippen LogP contribution is 2.38. The number of carbonyl (C=O) groups excluding carboxylic acids is 3. The molecule has 0 bridgehead atoms. The van der Waals surface area contributed by atoms with Crippen LogP contribution in [0.3, 0.4) is 0 Å². The Balaban J connectivity index is 1.05. The predicted octanol–water partition coefficient (Wildman–Crippen LogP) is 10.5. The van der Waals surface area contributed by atoms with Gasteiger partial charge in [0.25, 0.3) is 0 Å². The van der Waals surface area contributed by atoms with E-state index in [9.17, 15) is 19.2 Å². The van der Waals surface area contributed by atoms with Gasteiger partial charge in [0.15, 0.2) is 11.2 Å². The summed E-state index contributed by atoms with van der Waals surface area (Å²) < 4.78 is 12.7. The van der Waals surface area contributed by atoms with Crippen LogP contribution < -0.4 is 5.43 Å². The molecule has 3 heterocycles. The first-order chi connectivity index (χ1) is 30.5. The van der Waals surface area contributed by atoms with Gasteiger partial charge >= 0.3 is 11.9 Å². The van der Waals surface area contributed by atoms with E-state index in [0.29, 0.717) is 59.6 Å². The summed E-state index contributed by atoms with van der Waals surface area (Å²) in [7, 11) is 0. The van der Waals surface area contributed by atoms with Crippen molar-refractivity contribution in [3.63, 3.8) is 0 Å². The summed E-state index contributed by atoms with van der Waals surface area (Å²) in [5.74, 6) is -1.05. The molecule has 0 fully saturated rings. The average molecular weight is 855 g/mol. The van der Waals surface area contributed by atoms with E-state index in [1.807, 2.05) is 122 Å². The standard InChI is InChI=1S/C51H42N4O7S/c1-29-10-6-7-11-37(29)49(58)36-16-20-44-41(28-36)40-26-34(30(2)52-61-32(4)56)14-18-43(40)54(44)22-24-60-25-23-55-45-19-15-35(31(3)53-62-33(5)57)27-42(45)48-46(55)21-17-39-50(59)38-12-8-9-13-47(38)63-51(39)48/h6-21,26-28H,22-25H2,1-5H3/b52-30+,53-31-. The largest absolute Gasteiger partial charge is 0.378 e. The van der Waals surface area contributed by atoms with E-state index in [1.54, 1.807) is 25.2 Å². The minimum Gasteiger partial charge on any atom is -0.378 e. The van der Waals surface area contributed by atoms with Crippen LogP contribution in [0.5, 0.6) is 0 Å². The Kier molecular flexibility index (Phi) is 11.0. The molecule has 0 N–H and O–H groups in total. The molecule has 0 aliphatic rings. The van der Waals surface area contributed by atoms with Crippen molar-refractivity contribution in [3.05, 3.63) is 153 Å². The van der Waals surface area contributed by atoms with Gasteiger partial charge in [-0.2, -0.15) is 0 Å². The fourth-order valence-corrected chi connectivity index (χ4v) is 9.61. The number of carbonyl (C=O) groups is 3. The van der Waals surface area contributed by atoms with Gasteiger partial charge in [0, 0.05) is 96.3 Å². The van der Waals surface area contributed by atoms with Crippen molar-refractivity contribution < 1.29 is 28.8 Å². The van der Waals surface area contributed by atoms with Crippen LogP contribution in [0.25, 0.3) is 63.8 Å². The monoisotopic (exact) mass is 854 g/mol. The third-order valence-electron chi connectivity index (χ3n) is 11.5. The summed E-state index contributed by atoms with van der Waals surface area (Å²) >= 11 is 1.60. The van der Waals surface area contributed by atoms with Crippen LogP contribution in [-0.2, 0) is 37.1 Å². The normalized spacial score (nSPS) is 12.3. The third kappa shape index (κ3) is 7.68. The maximum atomic E-state index is 13.8. The summed E-state index contributed by atoms with van der Waals surface area (Å²) in [6.07, 6.45) is 0. The van der Waals surface area contributed by atoms with E-state index in [0.717, 1.165) is 69.7 Å². The summed E-state index contributed by atoms with van der Waals surface area (Å²) in [5.41, 5.74) is 8.68. The summed E-state index contributed by atoms with van der Waals surface area (Å²) in [4.78, 5) is 60.5. The lowest BCUT2D eigenvalue weighted by Crippen LogP contribution is -2.11. The molecule has 12 heteroatoms. The van der Waals surface area contributed by atoms with Crippen LogP contribution in [0.15, 0.2) is 130 Å². The van der Waals surface area contributed by atoms with E-state index in [2.05, 4.69) is 19.4 Å². The summed E-state index contributed by atoms with van der Waals surface area (Å²) in [5, 5.41) is 13.2. The van der Waals surface area contributed by atoms with Crippen molar-refractivity contribution in [1.82, 2.24) is 9.13 Å². The van der Waals surface area contributed by atoms with Crippen LogP contribution >= 0.6 is 11.3 Å². The van der Waals surface area contributed by atoms with E-state index < -0.39 is 11.9 Å². The van der Waals surface area contributed by atoms with Gasteiger partial charge in [-0.25, -0.2) is 9.59 Å². The van der Waals surface area contributed by atoms with Crippen molar-refractivity contribution in [2.45, 2.75) is 47.7 Å². The summed E-state index contributed by atoms with van der Waals surface area (Å²) in [6.45, 7) is 10.0.